The summed E-state index contributed by atoms with van der Waals surface area (Å²) < 4.78 is 34.5. The van der Waals surface area contributed by atoms with Gasteiger partial charge < -0.3 is 80.7 Å². The summed E-state index contributed by atoms with van der Waals surface area (Å²) in [7, 11) is 0. The number of carboxylic acids is 2. The molecule has 18 rings (SSSR count). The quantitative estimate of drug-likeness (QED) is 0.00969. The van der Waals surface area contributed by atoms with Crippen LogP contribution in [0.1, 0.15) is 161 Å². The predicted molar refractivity (Wildman–Crippen MR) is 561 cm³/mol. The number of para-hydroxylation sites is 4. The number of amides is 5. The molecule has 11 aromatic rings. The number of hydrazine groups is 4. The summed E-state index contributed by atoms with van der Waals surface area (Å²) in [5.74, 6) is 8.22. The number of benzene rings is 11. The fraction of sp³-hybridized carbons (Fsp3) is 0.321. The van der Waals surface area contributed by atoms with Gasteiger partial charge in [0, 0.05) is 43.7 Å². The summed E-state index contributed by atoms with van der Waals surface area (Å²) in [5.41, 5.74) is 30.9. The van der Waals surface area contributed by atoms with Crippen molar-refractivity contribution in [3.8, 4) is 11.5 Å². The van der Waals surface area contributed by atoms with Gasteiger partial charge in [0.25, 0.3) is 17.7 Å². The van der Waals surface area contributed by atoms with Crippen LogP contribution in [0.25, 0.3) is 5.90 Å². The molecule has 2 fully saturated rings. The van der Waals surface area contributed by atoms with Gasteiger partial charge in [0.15, 0.2) is 0 Å². The third kappa shape index (κ3) is 40.4. The van der Waals surface area contributed by atoms with E-state index in [0.717, 1.165) is 102 Å². The second-order valence-electron chi connectivity index (χ2n) is 38.4. The molecule has 37 heteroatoms. The van der Waals surface area contributed by atoms with E-state index >= 15 is 0 Å². The standard InChI is InChI=1S/C23H21N3O2.C21H25N3O3.C16H17N3O.C15H19NO4.C10H11NO2.C10H18O5.C7H6O2.C6H8N2.C4H8O2.H2NO.Na/c27-20-12-10-16(11-13-20)22-25-15-18-7-5-4-6-17(18)14-21(25)23(28)26(22)24-19-8-2-1-3-9-19;1-21(2,3)27-20(26)24-14-16-10-8-7-9-15(16)13-18(24)19(25)23-22-17-11-5-4-6-12-17;20-16(19-18-14-8-2-1-3-9-14)15-10-12-6-4-5-7-13(12)11-17-15;1-15(2,3)20-14(19)16-9-11-7-5-4-6-10(11)8-12(16)13(17)18;12-10(13)9-5-7-3-1-2-4-8(7)6-11-9;1-9(2,3)14-7(11)13-8(12)15-10(4,5)6;8-5-6-1-3-7(9)4-2-6;7-8-6-4-2-1-3-5-6;1-2-6-4-3-5-1;1-2;/h1-13,21-22,24,27H,14-15H2;4-12,18,22H,13-14H2,1-3H3,(H,23,25);1-9,15,17-18H,10-11H2,(H,19,20);4-7,12H,8-9H2,1-3H3,(H,17,18);1-4,9,11H,5-6H2,(H,12,13);1-6H3;1-5,9H;1-5,8H,7H2;1-4H2;1-2H;/q;;;;;;;;;-1;+1/t21-,22?;18-;15-;12-;9-;;;;;;/m00000....../s1. The van der Waals surface area contributed by atoms with E-state index in [0.29, 0.717) is 50.9 Å². The Balaban J connectivity index is 0.000000210. The molecule has 0 aliphatic carbocycles. The zero-order valence-electron chi connectivity index (χ0n) is 86.2. The predicted octanol–water partition coefficient (Wildman–Crippen LogP) is 14.8. The molecule has 0 saturated carbocycles. The molecule has 2 saturated heterocycles. The van der Waals surface area contributed by atoms with Crippen molar-refractivity contribution in [1.29, 1.82) is 0 Å². The number of aldehydes is 1. The van der Waals surface area contributed by atoms with Crippen LogP contribution in [0.3, 0.4) is 0 Å². The zero-order valence-corrected chi connectivity index (χ0v) is 88.2. The average molecular weight is 2050 g/mol. The van der Waals surface area contributed by atoms with Crippen molar-refractivity contribution >= 4 is 83.2 Å². The number of hydrogen-bond acceptors (Lipinski definition) is 28. The first kappa shape index (κ1) is 119. The van der Waals surface area contributed by atoms with E-state index in [1.54, 1.807) is 91.6 Å². The summed E-state index contributed by atoms with van der Waals surface area (Å²) in [6.07, 6.45) is 0.0686. The van der Waals surface area contributed by atoms with Crippen LogP contribution in [-0.2, 0) is 122 Å². The Morgan fingerprint density at radius 2 is 0.732 bits per heavy atom. The van der Waals surface area contributed by atoms with Gasteiger partial charge in [-0.05, 0) is 248 Å². The second kappa shape index (κ2) is 59.3. The Kier molecular flexibility index (Phi) is 47.5. The SMILES string of the molecule is C1COCCO1.CC(C)(C)OC(=O)N1Cc2ccccc2C[C@H]1C(=O)NNc1ccccc1.CC(C)(C)OC(=O)N1Cc2ccccc2C[C@H]1C(=O)O.CC(C)(C)OC(=O)OC(=O)OC(C)(C)C.NNc1ccccc1.O=C(NNc1ccccc1)[C@@H]1Cc2ccccc2CN1.O=C(O)[C@@H]1Cc2ccccc2CN1.O=C1[C@@H]2Cc3ccccc3CN2C(c2ccc(O)cc2)N1Nc1ccccc1.O=Cc1ccc(O)cc1.[NH-]O.[Na+]. The van der Waals surface area contributed by atoms with E-state index in [9.17, 15) is 58.2 Å². The first-order chi connectivity index (χ1) is 70.7. The number of nitrogen functional groups attached to an aromatic ring is 1. The molecular formula is C112H135N14NaO22. The number of aliphatic carboxylic acids is 2. The smallest absolute Gasteiger partial charge is 0.553 e. The molecule has 786 valence electrons. The van der Waals surface area contributed by atoms with Gasteiger partial charge in [-0.3, -0.25) is 71.6 Å². The molecule has 7 aliphatic rings. The van der Waals surface area contributed by atoms with Crippen molar-refractivity contribution in [2.24, 2.45) is 5.84 Å². The normalized spacial score (nSPS) is 16.7. The maximum Gasteiger partial charge on any atom is 1.00 e. The number of fused-ring (bicyclic) bond motifs is 6. The topological polar surface area (TPSA) is 495 Å². The Morgan fingerprint density at radius 1 is 0.396 bits per heavy atom. The molecule has 149 heavy (non-hydrogen) atoms. The fourth-order valence-electron chi connectivity index (χ4n) is 15.6. The molecule has 7 aliphatic heterocycles. The van der Waals surface area contributed by atoms with Crippen LogP contribution in [-0.4, -0.2) is 185 Å². The number of phenolic OH excluding ortho intramolecular Hbond substituents is 2. The summed E-state index contributed by atoms with van der Waals surface area (Å²) >= 11 is 0. The van der Waals surface area contributed by atoms with Crippen LogP contribution in [0.2, 0.25) is 0 Å². The van der Waals surface area contributed by atoms with Crippen LogP contribution in [0, 0.1) is 0 Å². The number of carboxylic acid groups (broad SMARTS) is 2. The van der Waals surface area contributed by atoms with Crippen molar-refractivity contribution in [2.45, 2.75) is 207 Å². The van der Waals surface area contributed by atoms with Gasteiger partial charge in [-0.15, -0.1) is 0 Å². The number of ether oxygens (including phenoxy) is 7. The number of anilines is 4. The van der Waals surface area contributed by atoms with Crippen LogP contribution in [0.4, 0.5) is 41.9 Å². The Bertz CT molecular complexity index is 6040. The molecule has 0 radical (unpaired) electrons. The Morgan fingerprint density at radius 3 is 1.11 bits per heavy atom. The van der Waals surface area contributed by atoms with Crippen LogP contribution < -0.4 is 78.6 Å². The van der Waals surface area contributed by atoms with Gasteiger partial charge in [-0.25, -0.2) is 29.0 Å². The summed E-state index contributed by atoms with van der Waals surface area (Å²) in [4.78, 5) is 122. The van der Waals surface area contributed by atoms with Crippen molar-refractivity contribution in [1.82, 2.24) is 41.2 Å². The summed E-state index contributed by atoms with van der Waals surface area (Å²) in [6.45, 7) is 26.6. The van der Waals surface area contributed by atoms with Gasteiger partial charge in [-0.2, -0.15) is 0 Å². The third-order valence-corrected chi connectivity index (χ3v) is 22.6. The molecule has 0 bridgehead atoms. The molecule has 6 atom stereocenters. The van der Waals surface area contributed by atoms with Gasteiger partial charge in [-0.1, -0.05) is 206 Å². The van der Waals surface area contributed by atoms with E-state index in [4.69, 9.17) is 55.6 Å². The van der Waals surface area contributed by atoms with E-state index in [2.05, 4.69) is 77.1 Å². The summed E-state index contributed by atoms with van der Waals surface area (Å²) in [5, 5.41) is 50.8. The van der Waals surface area contributed by atoms with Crippen molar-refractivity contribution in [3.63, 3.8) is 0 Å². The number of nitrogens with one attached hydrogen (secondary N) is 9. The molecular weight excluding hydrogens is 1920 g/mol. The van der Waals surface area contributed by atoms with Crippen molar-refractivity contribution in [3.05, 3.63) is 364 Å². The van der Waals surface area contributed by atoms with Gasteiger partial charge >= 0.3 is 66.0 Å². The van der Waals surface area contributed by atoms with E-state index in [1.807, 2.05) is 251 Å². The third-order valence-electron chi connectivity index (χ3n) is 22.6. The van der Waals surface area contributed by atoms with Crippen molar-refractivity contribution in [2.75, 3.05) is 48.1 Å². The monoisotopic (exact) mass is 2050 g/mol. The van der Waals surface area contributed by atoms with Crippen molar-refractivity contribution < 1.29 is 136 Å². The minimum atomic E-state index is -1.06. The molecule has 0 aromatic heterocycles. The first-order valence-corrected chi connectivity index (χ1v) is 48.1. The summed E-state index contributed by atoms with van der Waals surface area (Å²) in [6, 6.07) is 89.0. The second-order valence-corrected chi connectivity index (χ2v) is 38.4. The molecule has 16 N–H and O–H groups in total. The molecule has 7 heterocycles. The maximum atomic E-state index is 13.4. The minimum absolute atomic E-state index is 0. The van der Waals surface area contributed by atoms with Gasteiger partial charge in [0.1, 0.15) is 64.5 Å². The number of phenols is 2. The van der Waals surface area contributed by atoms with Crippen LogP contribution >= 0.6 is 0 Å². The number of nitrogens with zero attached hydrogens (tertiary/aromatic N) is 4. The number of carbonyl (C=O) groups excluding carboxylic acids is 8. The number of rotatable bonds is 13. The minimum Gasteiger partial charge on any atom is -0.553 e. The van der Waals surface area contributed by atoms with E-state index < -0.39 is 77.0 Å². The van der Waals surface area contributed by atoms with Gasteiger partial charge in [0.2, 0.25) is 0 Å². The molecule has 5 amide bonds. The number of hydrogen-bond donors (Lipinski definition) is 14. The zero-order chi connectivity index (χ0) is 108. The van der Waals surface area contributed by atoms with Crippen LogP contribution in [0.15, 0.2) is 291 Å². The fourth-order valence-corrected chi connectivity index (χ4v) is 15.6. The van der Waals surface area contributed by atoms with E-state index in [-0.39, 0.29) is 83.6 Å². The Labute approximate surface area is 891 Å². The largest absolute Gasteiger partial charge is 1.00 e. The maximum absolute atomic E-state index is 13.4. The number of aromatic hydroxyl groups is 2. The number of nitrogens with two attached hydrogens (primary N) is 1. The van der Waals surface area contributed by atoms with Crippen LogP contribution in [0.5, 0.6) is 11.5 Å². The number of carbonyl (C=O) groups is 10. The molecule has 0 spiro atoms. The molecule has 1 unspecified atom stereocenters. The van der Waals surface area contributed by atoms with Gasteiger partial charge in [0.05, 0.1) is 68.7 Å². The average Bonchev–Trinajstić information content (AvgIpc) is 1.59. The molecule has 11 aromatic carbocycles. The first-order valence-electron chi connectivity index (χ1n) is 48.1. The molecule has 36 nitrogen and oxygen atoms in total. The van der Waals surface area contributed by atoms with E-state index in [1.165, 1.54) is 49.7 Å². The Hall–Kier alpha value is -14.8.